The van der Waals surface area contributed by atoms with E-state index in [9.17, 15) is 0 Å². The molecular formula is C17H15N3O. The quantitative estimate of drug-likeness (QED) is 0.549. The van der Waals surface area contributed by atoms with Crippen LogP contribution in [0.25, 0.3) is 10.8 Å². The molecule has 0 aromatic heterocycles. The zero-order valence-electron chi connectivity index (χ0n) is 11.7. The van der Waals surface area contributed by atoms with Gasteiger partial charge in [0, 0.05) is 16.5 Å². The minimum absolute atomic E-state index is 0.695. The van der Waals surface area contributed by atoms with Crippen LogP contribution in [0.2, 0.25) is 0 Å². The summed E-state index contributed by atoms with van der Waals surface area (Å²) in [6.07, 6.45) is 0. The molecule has 4 heteroatoms. The first-order valence-electron chi connectivity index (χ1n) is 6.61. The van der Waals surface area contributed by atoms with E-state index in [-0.39, 0.29) is 0 Å². The lowest BCUT2D eigenvalue weighted by atomic mass is 10.1. The maximum Gasteiger partial charge on any atom is 0.146 e. The van der Waals surface area contributed by atoms with Crippen LogP contribution in [0.4, 0.5) is 17.1 Å². The van der Waals surface area contributed by atoms with Crippen molar-refractivity contribution in [1.82, 2.24) is 0 Å². The molecule has 104 valence electrons. The number of methoxy groups -OCH3 is 1. The number of benzene rings is 3. The number of hydrogen-bond acceptors (Lipinski definition) is 4. The van der Waals surface area contributed by atoms with E-state index in [1.807, 2.05) is 60.7 Å². The zero-order chi connectivity index (χ0) is 14.7. The number of fused-ring (bicyclic) bond motifs is 1. The molecule has 2 N–H and O–H groups in total. The molecule has 0 aliphatic rings. The zero-order valence-corrected chi connectivity index (χ0v) is 11.7. The van der Waals surface area contributed by atoms with Crippen molar-refractivity contribution in [2.45, 2.75) is 0 Å². The number of para-hydroxylation sites is 1. The normalized spacial score (nSPS) is 11.1. The Morgan fingerprint density at radius 2 is 1.43 bits per heavy atom. The van der Waals surface area contributed by atoms with Crippen molar-refractivity contribution in [3.63, 3.8) is 0 Å². The van der Waals surface area contributed by atoms with Crippen LogP contribution < -0.4 is 10.5 Å². The lowest BCUT2D eigenvalue weighted by Gasteiger charge is -2.05. The van der Waals surface area contributed by atoms with Gasteiger partial charge in [-0.05, 0) is 24.3 Å². The molecule has 0 fully saturated rings. The number of hydrogen-bond donors (Lipinski definition) is 1. The first-order chi connectivity index (χ1) is 10.3. The van der Waals surface area contributed by atoms with Gasteiger partial charge in [0.05, 0.1) is 12.8 Å². The number of rotatable bonds is 3. The van der Waals surface area contributed by atoms with E-state index in [0.29, 0.717) is 11.4 Å². The van der Waals surface area contributed by atoms with Crippen LogP contribution >= 0.6 is 0 Å². The van der Waals surface area contributed by atoms with Crippen LogP contribution in [0.1, 0.15) is 0 Å². The Morgan fingerprint density at radius 1 is 0.762 bits per heavy atom. The summed E-state index contributed by atoms with van der Waals surface area (Å²) < 4.78 is 5.27. The van der Waals surface area contributed by atoms with Gasteiger partial charge < -0.3 is 10.5 Å². The van der Waals surface area contributed by atoms with Crippen molar-refractivity contribution in [2.24, 2.45) is 10.2 Å². The number of nitrogens with zero attached hydrogens (tertiary/aromatic N) is 2. The molecule has 0 bridgehead atoms. The van der Waals surface area contributed by atoms with E-state index in [1.165, 1.54) is 0 Å². The number of nitrogen functional groups attached to an aromatic ring is 1. The highest BCUT2D eigenvalue weighted by atomic mass is 16.5. The third-order valence-corrected chi connectivity index (χ3v) is 3.29. The molecule has 0 saturated carbocycles. The van der Waals surface area contributed by atoms with E-state index in [4.69, 9.17) is 10.5 Å². The standard InChI is InChI=1S/C17H15N3O/c1-21-17-9-5-4-8-16(17)20-19-15-11-10-14(18)12-6-2-3-7-13(12)15/h2-11H,18H2,1H3/b20-19+. The molecule has 0 atom stereocenters. The van der Waals surface area contributed by atoms with Gasteiger partial charge in [-0.25, -0.2) is 0 Å². The second kappa shape index (κ2) is 5.63. The second-order valence-electron chi connectivity index (χ2n) is 4.59. The van der Waals surface area contributed by atoms with Gasteiger partial charge in [-0.15, -0.1) is 10.2 Å². The third kappa shape index (κ3) is 2.56. The number of azo groups is 1. The Morgan fingerprint density at radius 3 is 2.24 bits per heavy atom. The molecule has 4 nitrogen and oxygen atoms in total. The topological polar surface area (TPSA) is 60.0 Å². The van der Waals surface area contributed by atoms with Gasteiger partial charge in [0.2, 0.25) is 0 Å². The van der Waals surface area contributed by atoms with E-state index in [0.717, 1.165) is 22.1 Å². The summed E-state index contributed by atoms with van der Waals surface area (Å²) in [6.45, 7) is 0. The predicted molar refractivity (Wildman–Crippen MR) is 85.5 cm³/mol. The number of ether oxygens (including phenoxy) is 1. The van der Waals surface area contributed by atoms with Gasteiger partial charge in [-0.3, -0.25) is 0 Å². The maximum atomic E-state index is 5.99. The van der Waals surface area contributed by atoms with Gasteiger partial charge in [0.15, 0.2) is 0 Å². The first-order valence-corrected chi connectivity index (χ1v) is 6.61. The average Bonchev–Trinajstić information content (AvgIpc) is 2.55. The molecule has 3 rings (SSSR count). The van der Waals surface area contributed by atoms with Crippen LogP contribution in [0.15, 0.2) is 70.9 Å². The summed E-state index contributed by atoms with van der Waals surface area (Å²) in [4.78, 5) is 0. The fourth-order valence-corrected chi connectivity index (χ4v) is 2.21. The predicted octanol–water partition coefficient (Wildman–Crippen LogP) is 4.85. The molecule has 0 unspecified atom stereocenters. The Labute approximate surface area is 122 Å². The molecule has 3 aromatic carbocycles. The Hall–Kier alpha value is -2.88. The Balaban J connectivity index is 2.06. The second-order valence-corrected chi connectivity index (χ2v) is 4.59. The van der Waals surface area contributed by atoms with E-state index in [1.54, 1.807) is 7.11 Å². The van der Waals surface area contributed by atoms with Crippen molar-refractivity contribution >= 4 is 27.8 Å². The summed E-state index contributed by atoms with van der Waals surface area (Å²) in [5.74, 6) is 0.695. The molecule has 0 aliphatic carbocycles. The highest BCUT2D eigenvalue weighted by Gasteiger charge is 2.04. The summed E-state index contributed by atoms with van der Waals surface area (Å²) >= 11 is 0. The van der Waals surface area contributed by atoms with Crippen molar-refractivity contribution in [1.29, 1.82) is 0 Å². The summed E-state index contributed by atoms with van der Waals surface area (Å²) in [6, 6.07) is 19.1. The fraction of sp³-hybridized carbons (Fsp3) is 0.0588. The molecule has 0 radical (unpaired) electrons. The largest absolute Gasteiger partial charge is 0.494 e. The van der Waals surface area contributed by atoms with Crippen molar-refractivity contribution in [2.75, 3.05) is 12.8 Å². The van der Waals surface area contributed by atoms with Crippen molar-refractivity contribution in [3.8, 4) is 5.75 Å². The van der Waals surface area contributed by atoms with Crippen LogP contribution in [0.3, 0.4) is 0 Å². The monoisotopic (exact) mass is 277 g/mol. The lowest BCUT2D eigenvalue weighted by molar-refractivity contribution is 0.416. The van der Waals surface area contributed by atoms with E-state index < -0.39 is 0 Å². The third-order valence-electron chi connectivity index (χ3n) is 3.29. The van der Waals surface area contributed by atoms with Gasteiger partial charge in [-0.2, -0.15) is 0 Å². The maximum absolute atomic E-state index is 5.99. The van der Waals surface area contributed by atoms with Crippen molar-refractivity contribution in [3.05, 3.63) is 60.7 Å². The summed E-state index contributed by atoms with van der Waals surface area (Å²) in [5.41, 5.74) is 8.20. The molecule has 0 heterocycles. The molecule has 0 aliphatic heterocycles. The SMILES string of the molecule is COc1ccccc1/N=N/c1ccc(N)c2ccccc12. The van der Waals surface area contributed by atoms with Crippen LogP contribution in [-0.2, 0) is 0 Å². The summed E-state index contributed by atoms with van der Waals surface area (Å²) in [7, 11) is 1.62. The number of anilines is 1. The summed E-state index contributed by atoms with van der Waals surface area (Å²) in [5, 5.41) is 10.6. The van der Waals surface area contributed by atoms with E-state index >= 15 is 0 Å². The molecule has 21 heavy (non-hydrogen) atoms. The molecule has 0 spiro atoms. The molecule has 0 amide bonds. The molecule has 3 aromatic rings. The first kappa shape index (κ1) is 13.1. The van der Waals surface area contributed by atoms with Crippen LogP contribution in [0, 0.1) is 0 Å². The minimum atomic E-state index is 0.695. The minimum Gasteiger partial charge on any atom is -0.494 e. The van der Waals surface area contributed by atoms with E-state index in [2.05, 4.69) is 10.2 Å². The van der Waals surface area contributed by atoms with Gasteiger partial charge in [0.25, 0.3) is 0 Å². The molecule has 0 saturated heterocycles. The van der Waals surface area contributed by atoms with Gasteiger partial charge >= 0.3 is 0 Å². The fourth-order valence-electron chi connectivity index (χ4n) is 2.21. The van der Waals surface area contributed by atoms with Crippen LogP contribution in [-0.4, -0.2) is 7.11 Å². The lowest BCUT2D eigenvalue weighted by Crippen LogP contribution is -1.86. The Bertz CT molecular complexity index is 812. The highest BCUT2D eigenvalue weighted by molar-refractivity contribution is 5.99. The van der Waals surface area contributed by atoms with Crippen molar-refractivity contribution < 1.29 is 4.74 Å². The molecular weight excluding hydrogens is 262 g/mol. The van der Waals surface area contributed by atoms with Gasteiger partial charge in [-0.1, -0.05) is 36.4 Å². The highest BCUT2D eigenvalue weighted by Crippen LogP contribution is 2.33. The average molecular weight is 277 g/mol. The Kier molecular flexibility index (Phi) is 3.51. The van der Waals surface area contributed by atoms with Crippen LogP contribution in [0.5, 0.6) is 5.75 Å². The van der Waals surface area contributed by atoms with Gasteiger partial charge in [0.1, 0.15) is 11.4 Å². The number of nitrogens with two attached hydrogens (primary N) is 1. The smallest absolute Gasteiger partial charge is 0.146 e.